The Labute approximate surface area is 84.8 Å². The standard InChI is InChI=1S/C9H11NO3S/c11-9(10-14(12)13)7-6-8-4-2-1-3-5-8/h1-5H,6-7H2,(H,10,11)(H,12,13). The van der Waals surface area contributed by atoms with Crippen LogP contribution in [0.25, 0.3) is 0 Å². The molecule has 0 aliphatic rings. The van der Waals surface area contributed by atoms with Gasteiger partial charge in [0.05, 0.1) is 0 Å². The van der Waals surface area contributed by atoms with Crippen molar-refractivity contribution >= 4 is 17.2 Å². The molecular formula is C9H11NO3S. The van der Waals surface area contributed by atoms with E-state index in [-0.39, 0.29) is 6.42 Å². The van der Waals surface area contributed by atoms with Gasteiger partial charge in [0.1, 0.15) is 0 Å². The van der Waals surface area contributed by atoms with Crippen LogP contribution in [0.3, 0.4) is 0 Å². The highest BCUT2D eigenvalue weighted by molar-refractivity contribution is 7.77. The molecule has 76 valence electrons. The monoisotopic (exact) mass is 213 g/mol. The fourth-order valence-electron chi connectivity index (χ4n) is 1.05. The molecule has 2 N–H and O–H groups in total. The lowest BCUT2D eigenvalue weighted by molar-refractivity contribution is -0.119. The van der Waals surface area contributed by atoms with E-state index >= 15 is 0 Å². The van der Waals surface area contributed by atoms with Crippen LogP contribution in [-0.2, 0) is 22.5 Å². The maximum absolute atomic E-state index is 11.0. The molecule has 0 aliphatic heterocycles. The molecule has 1 rings (SSSR count). The Morgan fingerprint density at radius 2 is 2.00 bits per heavy atom. The zero-order chi connectivity index (χ0) is 10.4. The van der Waals surface area contributed by atoms with Gasteiger partial charge in [-0.3, -0.25) is 14.1 Å². The van der Waals surface area contributed by atoms with E-state index in [0.717, 1.165) is 5.56 Å². The molecule has 14 heavy (non-hydrogen) atoms. The molecule has 0 aromatic heterocycles. The number of hydrogen-bond donors (Lipinski definition) is 2. The van der Waals surface area contributed by atoms with Gasteiger partial charge in [-0.2, -0.15) is 0 Å². The molecule has 0 heterocycles. The summed E-state index contributed by atoms with van der Waals surface area (Å²) in [4.78, 5) is 11.0. The van der Waals surface area contributed by atoms with E-state index in [2.05, 4.69) is 0 Å². The summed E-state index contributed by atoms with van der Waals surface area (Å²) in [6, 6.07) is 9.48. The lowest BCUT2D eigenvalue weighted by Gasteiger charge is -2.00. The molecular weight excluding hydrogens is 202 g/mol. The Hall–Kier alpha value is -1.20. The van der Waals surface area contributed by atoms with Crippen molar-refractivity contribution in [2.45, 2.75) is 12.8 Å². The minimum Gasteiger partial charge on any atom is -0.289 e. The second-order valence-electron chi connectivity index (χ2n) is 2.76. The first-order valence-electron chi connectivity index (χ1n) is 4.13. The first-order chi connectivity index (χ1) is 6.68. The number of nitrogens with one attached hydrogen (secondary N) is 1. The molecule has 0 aliphatic carbocycles. The topological polar surface area (TPSA) is 66.4 Å². The van der Waals surface area contributed by atoms with Gasteiger partial charge < -0.3 is 0 Å². The zero-order valence-corrected chi connectivity index (χ0v) is 8.29. The van der Waals surface area contributed by atoms with Crippen LogP contribution in [-0.4, -0.2) is 14.7 Å². The molecule has 0 fully saturated rings. The number of aryl methyl sites for hydroxylation is 1. The number of rotatable bonds is 4. The first-order valence-corrected chi connectivity index (χ1v) is 5.23. The van der Waals surface area contributed by atoms with Crippen molar-refractivity contribution < 1.29 is 13.6 Å². The summed E-state index contributed by atoms with van der Waals surface area (Å²) >= 11 is -2.25. The fourth-order valence-corrected chi connectivity index (χ4v) is 1.35. The van der Waals surface area contributed by atoms with E-state index in [1.165, 1.54) is 0 Å². The van der Waals surface area contributed by atoms with E-state index < -0.39 is 17.2 Å². The average molecular weight is 213 g/mol. The molecule has 0 radical (unpaired) electrons. The quantitative estimate of drug-likeness (QED) is 0.729. The van der Waals surface area contributed by atoms with E-state index in [4.69, 9.17) is 4.55 Å². The van der Waals surface area contributed by atoms with Crippen LogP contribution in [0.4, 0.5) is 0 Å². The molecule has 1 aromatic carbocycles. The fraction of sp³-hybridized carbons (Fsp3) is 0.222. The van der Waals surface area contributed by atoms with Crippen molar-refractivity contribution in [1.29, 1.82) is 0 Å². The van der Waals surface area contributed by atoms with Crippen LogP contribution < -0.4 is 4.72 Å². The van der Waals surface area contributed by atoms with Gasteiger partial charge in [0.15, 0.2) is 0 Å². The lowest BCUT2D eigenvalue weighted by atomic mass is 10.1. The van der Waals surface area contributed by atoms with Crippen molar-refractivity contribution in [3.05, 3.63) is 35.9 Å². The molecule has 4 nitrogen and oxygen atoms in total. The van der Waals surface area contributed by atoms with E-state index in [0.29, 0.717) is 6.42 Å². The number of carbonyl (C=O) groups excluding carboxylic acids is 1. The number of amides is 1. The number of carbonyl (C=O) groups is 1. The van der Waals surface area contributed by atoms with Crippen molar-refractivity contribution in [1.82, 2.24) is 4.72 Å². The highest BCUT2D eigenvalue weighted by atomic mass is 32.2. The third-order valence-electron chi connectivity index (χ3n) is 1.68. The predicted octanol–water partition coefficient (Wildman–Crippen LogP) is 0.872. The zero-order valence-electron chi connectivity index (χ0n) is 7.47. The Morgan fingerprint density at radius 1 is 1.36 bits per heavy atom. The Kier molecular flexibility index (Phi) is 4.28. The Morgan fingerprint density at radius 3 is 2.57 bits per heavy atom. The van der Waals surface area contributed by atoms with Crippen molar-refractivity contribution in [2.24, 2.45) is 0 Å². The molecule has 1 aromatic rings. The van der Waals surface area contributed by atoms with Gasteiger partial charge in [-0.15, -0.1) is 0 Å². The van der Waals surface area contributed by atoms with Crippen LogP contribution in [0.1, 0.15) is 12.0 Å². The summed E-state index contributed by atoms with van der Waals surface area (Å²) in [5, 5.41) is 0. The van der Waals surface area contributed by atoms with Gasteiger partial charge in [0.25, 0.3) is 11.3 Å². The molecule has 0 spiro atoms. The van der Waals surface area contributed by atoms with E-state index in [1.807, 2.05) is 35.1 Å². The second kappa shape index (κ2) is 5.51. The van der Waals surface area contributed by atoms with Gasteiger partial charge >= 0.3 is 0 Å². The summed E-state index contributed by atoms with van der Waals surface area (Å²) < 4.78 is 20.5. The van der Waals surface area contributed by atoms with Crippen LogP contribution in [0, 0.1) is 0 Å². The van der Waals surface area contributed by atoms with Gasteiger partial charge in [0.2, 0.25) is 5.91 Å². The van der Waals surface area contributed by atoms with E-state index in [9.17, 15) is 9.00 Å². The molecule has 0 saturated heterocycles. The Bertz CT molecular complexity index is 326. The molecule has 1 amide bonds. The second-order valence-corrected chi connectivity index (χ2v) is 3.46. The van der Waals surface area contributed by atoms with Gasteiger partial charge in [0, 0.05) is 6.42 Å². The van der Waals surface area contributed by atoms with Crippen LogP contribution in [0.5, 0.6) is 0 Å². The van der Waals surface area contributed by atoms with E-state index in [1.54, 1.807) is 0 Å². The molecule has 1 unspecified atom stereocenters. The normalized spacial score (nSPS) is 12.1. The summed E-state index contributed by atoms with van der Waals surface area (Å²) in [6.07, 6.45) is 0.792. The van der Waals surface area contributed by atoms with Crippen LogP contribution >= 0.6 is 0 Å². The van der Waals surface area contributed by atoms with Crippen LogP contribution in [0.15, 0.2) is 30.3 Å². The van der Waals surface area contributed by atoms with Gasteiger partial charge in [-0.25, -0.2) is 4.21 Å². The van der Waals surface area contributed by atoms with Crippen molar-refractivity contribution in [3.63, 3.8) is 0 Å². The summed E-state index contributed by atoms with van der Waals surface area (Å²) in [5.74, 6) is -0.422. The summed E-state index contributed by atoms with van der Waals surface area (Å²) in [6.45, 7) is 0. The number of benzene rings is 1. The largest absolute Gasteiger partial charge is 0.289 e. The SMILES string of the molecule is O=C(CCc1ccccc1)NS(=O)O. The van der Waals surface area contributed by atoms with Crippen molar-refractivity contribution in [3.8, 4) is 0 Å². The van der Waals surface area contributed by atoms with Crippen LogP contribution in [0.2, 0.25) is 0 Å². The molecule has 1 atom stereocenters. The number of hydrogen-bond acceptors (Lipinski definition) is 2. The first kappa shape index (κ1) is 10.9. The minimum atomic E-state index is -2.25. The summed E-state index contributed by atoms with van der Waals surface area (Å²) in [5.41, 5.74) is 1.03. The van der Waals surface area contributed by atoms with Crippen molar-refractivity contribution in [2.75, 3.05) is 0 Å². The predicted molar refractivity (Wildman–Crippen MR) is 53.7 cm³/mol. The van der Waals surface area contributed by atoms with Gasteiger partial charge in [-0.1, -0.05) is 30.3 Å². The Balaban J connectivity index is 2.34. The molecule has 0 saturated carbocycles. The third-order valence-corrected chi connectivity index (χ3v) is 2.09. The third kappa shape index (κ3) is 4.15. The molecule has 5 heteroatoms. The molecule has 0 bridgehead atoms. The highest BCUT2D eigenvalue weighted by Crippen LogP contribution is 2.01. The lowest BCUT2D eigenvalue weighted by Crippen LogP contribution is -2.25. The summed E-state index contributed by atoms with van der Waals surface area (Å²) in [7, 11) is 0. The minimum absolute atomic E-state index is 0.219. The maximum atomic E-state index is 11.0. The highest BCUT2D eigenvalue weighted by Gasteiger charge is 2.03. The maximum Gasteiger partial charge on any atom is 0.261 e. The van der Waals surface area contributed by atoms with Gasteiger partial charge in [-0.05, 0) is 12.0 Å². The smallest absolute Gasteiger partial charge is 0.261 e. The average Bonchev–Trinajstić information content (AvgIpc) is 2.15.